The number of morpholine rings is 1. The fraction of sp³-hybridized carbons (Fsp3) is 0.533. The molecule has 1 aromatic rings. The predicted octanol–water partition coefficient (Wildman–Crippen LogP) is 1.85. The molecule has 1 aliphatic heterocycles. The van der Waals surface area contributed by atoms with E-state index >= 15 is 0 Å². The third-order valence-electron chi connectivity index (χ3n) is 3.53. The van der Waals surface area contributed by atoms with E-state index in [9.17, 15) is 13.2 Å². The van der Waals surface area contributed by atoms with Crippen molar-refractivity contribution in [3.05, 3.63) is 27.8 Å². The van der Waals surface area contributed by atoms with E-state index in [1.54, 1.807) is 12.1 Å². The number of hydrogen-bond donors (Lipinski definition) is 2. The monoisotopic (exact) mass is 467 g/mol. The maximum absolute atomic E-state index is 12.4. The number of hydrogen-bond acceptors (Lipinski definition) is 4. The molecule has 2 amide bonds. The van der Waals surface area contributed by atoms with Gasteiger partial charge >= 0.3 is 6.03 Å². The Labute approximate surface area is 156 Å². The number of amides is 2. The van der Waals surface area contributed by atoms with Gasteiger partial charge in [-0.2, -0.15) is 4.31 Å². The molecule has 2 unspecified atom stereocenters. The standard InChI is InChI=1S/C15H22IN3O4S/c1-11-9-19(10-12(2)23-11)24(21,22)8-7-17-15(20)18-14-5-3-13(16)4-6-14/h3-6,11-12H,7-10H2,1-2H3,(H2,17,18,20). The Hall–Kier alpha value is -0.910. The van der Waals surface area contributed by atoms with Crippen molar-refractivity contribution in [2.75, 3.05) is 30.7 Å². The topological polar surface area (TPSA) is 87.7 Å². The molecule has 1 aliphatic rings. The van der Waals surface area contributed by atoms with E-state index in [1.807, 2.05) is 26.0 Å². The second-order valence-corrected chi connectivity index (χ2v) is 9.11. The lowest BCUT2D eigenvalue weighted by Gasteiger charge is -2.34. The Morgan fingerprint density at radius 2 is 1.83 bits per heavy atom. The van der Waals surface area contributed by atoms with Gasteiger partial charge in [0, 0.05) is 28.9 Å². The minimum atomic E-state index is -3.41. The molecule has 24 heavy (non-hydrogen) atoms. The quantitative estimate of drug-likeness (QED) is 0.648. The zero-order chi connectivity index (χ0) is 17.7. The van der Waals surface area contributed by atoms with Crippen molar-refractivity contribution in [2.45, 2.75) is 26.1 Å². The van der Waals surface area contributed by atoms with Gasteiger partial charge < -0.3 is 15.4 Å². The van der Waals surface area contributed by atoms with Gasteiger partial charge in [0.1, 0.15) is 0 Å². The molecule has 1 heterocycles. The van der Waals surface area contributed by atoms with Crippen molar-refractivity contribution in [2.24, 2.45) is 0 Å². The molecule has 0 radical (unpaired) electrons. The van der Waals surface area contributed by atoms with Crippen molar-refractivity contribution in [3.63, 3.8) is 0 Å². The van der Waals surface area contributed by atoms with E-state index in [1.165, 1.54) is 4.31 Å². The Morgan fingerprint density at radius 3 is 2.42 bits per heavy atom. The molecule has 134 valence electrons. The van der Waals surface area contributed by atoms with Gasteiger partial charge in [-0.25, -0.2) is 13.2 Å². The van der Waals surface area contributed by atoms with Gasteiger partial charge in [-0.05, 0) is 60.7 Å². The van der Waals surface area contributed by atoms with Crippen LogP contribution in [0.4, 0.5) is 10.5 Å². The number of urea groups is 1. The fourth-order valence-corrected chi connectivity index (χ4v) is 4.34. The second-order valence-electron chi connectivity index (χ2n) is 5.78. The molecule has 1 aromatic carbocycles. The molecule has 2 rings (SSSR count). The second kappa shape index (κ2) is 8.45. The summed E-state index contributed by atoms with van der Waals surface area (Å²) in [5.41, 5.74) is 0.659. The number of nitrogens with one attached hydrogen (secondary N) is 2. The fourth-order valence-electron chi connectivity index (χ4n) is 2.49. The number of ether oxygens (including phenoxy) is 1. The van der Waals surface area contributed by atoms with Crippen LogP contribution in [0.2, 0.25) is 0 Å². The maximum atomic E-state index is 12.4. The summed E-state index contributed by atoms with van der Waals surface area (Å²) >= 11 is 2.18. The third kappa shape index (κ3) is 5.87. The van der Waals surface area contributed by atoms with Crippen LogP contribution in [0.1, 0.15) is 13.8 Å². The Morgan fingerprint density at radius 1 is 1.25 bits per heavy atom. The SMILES string of the molecule is CC1CN(S(=O)(=O)CCNC(=O)Nc2ccc(I)cc2)CC(C)O1. The van der Waals surface area contributed by atoms with Crippen LogP contribution in [0.5, 0.6) is 0 Å². The first-order valence-corrected chi connectivity index (χ1v) is 10.4. The molecule has 1 fully saturated rings. The van der Waals surface area contributed by atoms with Crippen LogP contribution in [-0.2, 0) is 14.8 Å². The number of nitrogens with zero attached hydrogens (tertiary/aromatic N) is 1. The smallest absolute Gasteiger partial charge is 0.319 e. The summed E-state index contributed by atoms with van der Waals surface area (Å²) in [5, 5.41) is 5.24. The van der Waals surface area contributed by atoms with Crippen LogP contribution in [0, 0.1) is 3.57 Å². The summed E-state index contributed by atoms with van der Waals surface area (Å²) in [5.74, 6) is -0.132. The van der Waals surface area contributed by atoms with Crippen LogP contribution < -0.4 is 10.6 Å². The number of benzene rings is 1. The molecule has 0 aromatic heterocycles. The summed E-state index contributed by atoms with van der Waals surface area (Å²) in [4.78, 5) is 11.8. The molecule has 2 N–H and O–H groups in total. The van der Waals surface area contributed by atoms with E-state index in [2.05, 4.69) is 33.2 Å². The van der Waals surface area contributed by atoms with Crippen LogP contribution in [-0.4, -0.2) is 56.3 Å². The molecule has 9 heteroatoms. The van der Waals surface area contributed by atoms with E-state index in [0.29, 0.717) is 18.8 Å². The first-order valence-electron chi connectivity index (χ1n) is 7.70. The van der Waals surface area contributed by atoms with Gasteiger partial charge in [0.15, 0.2) is 0 Å². The molecule has 0 spiro atoms. The molecule has 1 saturated heterocycles. The molecule has 0 aliphatic carbocycles. The minimum absolute atomic E-state index is 0.0542. The van der Waals surface area contributed by atoms with Gasteiger partial charge in [0.25, 0.3) is 0 Å². The molecular formula is C15H22IN3O4S. The summed E-state index contributed by atoms with van der Waals surface area (Å²) in [6.45, 7) is 4.46. The van der Waals surface area contributed by atoms with Gasteiger partial charge in [-0.1, -0.05) is 0 Å². The van der Waals surface area contributed by atoms with Crippen molar-refractivity contribution >= 4 is 44.3 Å². The lowest BCUT2D eigenvalue weighted by atomic mass is 10.3. The normalized spacial score (nSPS) is 22.1. The largest absolute Gasteiger partial charge is 0.373 e. The zero-order valence-electron chi connectivity index (χ0n) is 13.7. The minimum Gasteiger partial charge on any atom is -0.373 e. The van der Waals surface area contributed by atoms with Gasteiger partial charge in [0.2, 0.25) is 10.0 Å². The molecule has 0 bridgehead atoms. The average Bonchev–Trinajstić information content (AvgIpc) is 2.48. The van der Waals surface area contributed by atoms with Crippen LogP contribution in [0.3, 0.4) is 0 Å². The molecular weight excluding hydrogens is 445 g/mol. The number of anilines is 1. The van der Waals surface area contributed by atoms with Gasteiger partial charge in [-0.3, -0.25) is 0 Å². The highest BCUT2D eigenvalue weighted by Gasteiger charge is 2.30. The first-order chi connectivity index (χ1) is 11.3. The highest BCUT2D eigenvalue weighted by atomic mass is 127. The number of halogens is 1. The van der Waals surface area contributed by atoms with E-state index in [0.717, 1.165) is 3.57 Å². The Kier molecular flexibility index (Phi) is 6.84. The summed E-state index contributed by atoms with van der Waals surface area (Å²) in [6.07, 6.45) is -0.249. The summed E-state index contributed by atoms with van der Waals surface area (Å²) < 4.78 is 32.7. The van der Waals surface area contributed by atoms with Crippen LogP contribution in [0.15, 0.2) is 24.3 Å². The van der Waals surface area contributed by atoms with Crippen molar-refractivity contribution in [1.82, 2.24) is 9.62 Å². The third-order valence-corrected chi connectivity index (χ3v) is 6.05. The summed E-state index contributed by atoms with van der Waals surface area (Å²) in [7, 11) is -3.41. The lowest BCUT2D eigenvalue weighted by molar-refractivity contribution is -0.0440. The van der Waals surface area contributed by atoms with E-state index in [-0.39, 0.29) is 24.5 Å². The number of sulfonamides is 1. The van der Waals surface area contributed by atoms with Crippen molar-refractivity contribution < 1.29 is 17.9 Å². The molecule has 0 saturated carbocycles. The molecule has 7 nitrogen and oxygen atoms in total. The van der Waals surface area contributed by atoms with E-state index in [4.69, 9.17) is 4.74 Å². The predicted molar refractivity (Wildman–Crippen MR) is 102 cm³/mol. The Bertz CT molecular complexity index is 656. The van der Waals surface area contributed by atoms with Crippen molar-refractivity contribution in [3.8, 4) is 0 Å². The van der Waals surface area contributed by atoms with Crippen LogP contribution in [0.25, 0.3) is 0 Å². The maximum Gasteiger partial charge on any atom is 0.319 e. The van der Waals surface area contributed by atoms with Crippen molar-refractivity contribution in [1.29, 1.82) is 0 Å². The average molecular weight is 467 g/mol. The van der Waals surface area contributed by atoms with Gasteiger partial charge in [-0.15, -0.1) is 0 Å². The molecule has 2 atom stereocenters. The zero-order valence-corrected chi connectivity index (χ0v) is 16.6. The first kappa shape index (κ1) is 19.4. The van der Waals surface area contributed by atoms with E-state index < -0.39 is 16.1 Å². The number of carbonyl (C=O) groups excluding carboxylic acids is 1. The van der Waals surface area contributed by atoms with Crippen LogP contribution >= 0.6 is 22.6 Å². The summed E-state index contributed by atoms with van der Waals surface area (Å²) in [6, 6.07) is 6.90. The Balaban J connectivity index is 1.79. The number of carbonyl (C=O) groups is 1. The highest BCUT2D eigenvalue weighted by Crippen LogP contribution is 2.14. The highest BCUT2D eigenvalue weighted by molar-refractivity contribution is 14.1. The lowest BCUT2D eigenvalue weighted by Crippen LogP contribution is -2.49. The number of rotatable bonds is 5. The van der Waals surface area contributed by atoms with Gasteiger partial charge in [0.05, 0.1) is 18.0 Å².